The molecule has 0 bridgehead atoms. The predicted molar refractivity (Wildman–Crippen MR) is 309 cm³/mol. The summed E-state index contributed by atoms with van der Waals surface area (Å²) in [5, 5.41) is 3.10. The number of ether oxygens (including phenoxy) is 3. The van der Waals surface area contributed by atoms with Crippen LogP contribution in [0.3, 0.4) is 0 Å². The fourth-order valence-electron chi connectivity index (χ4n) is 9.93. The molecule has 0 saturated carbocycles. The number of amides is 3. The summed E-state index contributed by atoms with van der Waals surface area (Å²) in [6, 6.07) is 14.9. The molecule has 2 aliphatic rings. The van der Waals surface area contributed by atoms with E-state index < -0.39 is 31.7 Å². The molecule has 0 spiro atoms. The van der Waals surface area contributed by atoms with Crippen LogP contribution in [0.1, 0.15) is 68.7 Å². The number of carbonyl (C=O) groups is 3. The number of hydrogen-bond donors (Lipinski definition) is 1. The van der Waals surface area contributed by atoms with Crippen molar-refractivity contribution in [2.75, 3.05) is 131 Å². The zero-order valence-electron chi connectivity index (χ0n) is 48.8. The van der Waals surface area contributed by atoms with Crippen molar-refractivity contribution in [1.29, 1.82) is 0 Å². The summed E-state index contributed by atoms with van der Waals surface area (Å²) in [6.45, 7) is 17.9. The van der Waals surface area contributed by atoms with Crippen LogP contribution in [-0.2, 0) is 34.4 Å². The number of benzene rings is 2. The summed E-state index contributed by atoms with van der Waals surface area (Å²) in [7, 11) is 2.19. The largest absolute Gasteiger partial charge is 0.497 e. The number of nitrogens with zero attached hydrogens (tertiary/aromatic N) is 9. The van der Waals surface area contributed by atoms with Crippen molar-refractivity contribution in [2.24, 2.45) is 11.8 Å². The second kappa shape index (κ2) is 28.9. The number of methoxy groups -OCH3 is 2. The monoisotopic (exact) mass is 1130 g/mol. The standard InChI is InChI=1S/C31H47N5O6S.C26H39N5O4S/c1-23-19-27(41-8)20-24(2)29(23)43(39,40)34(7)17-18-36(30(38)42-31(3,4)5)22-28(37)33(6)21-25-11-15-35(16-12-25)26-9-13-32-14-10-26;1-20-16-24(35-5)17-21(2)26(20)36(33,34)30(4)15-12-28-18-25(32)29(3)19-22-8-13-31(14-9-22)23-6-10-27-11-7-23/h9-10,13-14,19-20,25H,11-12,15-18,21-22H2,1-8H3;6-7,10-11,16-17,22,28H,8-9,12-15,18-19H2,1-5H3. The maximum absolute atomic E-state index is 13.5. The highest BCUT2D eigenvalue weighted by atomic mass is 32.2. The van der Waals surface area contributed by atoms with Gasteiger partial charge in [0.05, 0.1) is 30.6 Å². The normalized spacial score (nSPS) is 14.6. The van der Waals surface area contributed by atoms with E-state index in [1.54, 1.807) is 116 Å². The Morgan fingerprint density at radius 1 is 0.608 bits per heavy atom. The molecule has 3 amide bonds. The summed E-state index contributed by atoms with van der Waals surface area (Å²) in [5.74, 6) is 1.82. The molecule has 20 nitrogen and oxygen atoms in total. The Hall–Kier alpha value is -6.07. The Bertz CT molecular complexity index is 2810. The number of anilines is 2. The van der Waals surface area contributed by atoms with E-state index in [0.717, 1.165) is 64.1 Å². The molecular formula is C57H86N10O10S2. The molecule has 4 aromatic rings. The van der Waals surface area contributed by atoms with E-state index in [0.29, 0.717) is 63.6 Å². The van der Waals surface area contributed by atoms with E-state index in [4.69, 9.17) is 14.2 Å². The fraction of sp³-hybridized carbons (Fsp3) is 0.561. The van der Waals surface area contributed by atoms with Gasteiger partial charge in [0.2, 0.25) is 31.9 Å². The van der Waals surface area contributed by atoms with Gasteiger partial charge in [-0.15, -0.1) is 0 Å². The Kier molecular flexibility index (Phi) is 23.3. The van der Waals surface area contributed by atoms with Gasteiger partial charge in [0.1, 0.15) is 23.6 Å². The lowest BCUT2D eigenvalue weighted by Gasteiger charge is -2.35. The molecule has 0 unspecified atom stereocenters. The van der Waals surface area contributed by atoms with Gasteiger partial charge in [0.15, 0.2) is 0 Å². The molecule has 0 aliphatic carbocycles. The number of aromatic nitrogens is 2. The minimum atomic E-state index is -3.87. The molecule has 0 atom stereocenters. The molecule has 2 fully saturated rings. The van der Waals surface area contributed by atoms with E-state index in [2.05, 4.69) is 25.1 Å². The summed E-state index contributed by atoms with van der Waals surface area (Å²) < 4.78 is 71.9. The van der Waals surface area contributed by atoms with Gasteiger partial charge in [-0.3, -0.25) is 24.5 Å². The lowest BCUT2D eigenvalue weighted by Crippen LogP contribution is -2.48. The number of rotatable bonds is 22. The van der Waals surface area contributed by atoms with Gasteiger partial charge in [-0.2, -0.15) is 8.61 Å². The van der Waals surface area contributed by atoms with Gasteiger partial charge in [0.25, 0.3) is 0 Å². The van der Waals surface area contributed by atoms with Crippen molar-refractivity contribution in [1.82, 2.24) is 38.6 Å². The van der Waals surface area contributed by atoms with Crippen molar-refractivity contribution in [3.8, 4) is 11.5 Å². The zero-order valence-corrected chi connectivity index (χ0v) is 50.5. The first-order valence-corrected chi connectivity index (χ1v) is 29.8. The van der Waals surface area contributed by atoms with Gasteiger partial charge in [-0.25, -0.2) is 21.6 Å². The van der Waals surface area contributed by atoms with Gasteiger partial charge in [-0.05, 0) is 157 Å². The number of piperidine rings is 2. The highest BCUT2D eigenvalue weighted by Crippen LogP contribution is 2.30. The van der Waals surface area contributed by atoms with Gasteiger partial charge >= 0.3 is 6.09 Å². The number of carbonyl (C=O) groups excluding carboxylic acids is 3. The average molecular weight is 1140 g/mol. The second-order valence-electron chi connectivity index (χ2n) is 21.7. The van der Waals surface area contributed by atoms with Gasteiger partial charge in [-0.1, -0.05) is 0 Å². The van der Waals surface area contributed by atoms with Crippen LogP contribution in [0.25, 0.3) is 0 Å². The number of pyridine rings is 2. The molecule has 4 heterocycles. The molecule has 436 valence electrons. The maximum Gasteiger partial charge on any atom is 0.410 e. The lowest BCUT2D eigenvalue weighted by atomic mass is 9.96. The van der Waals surface area contributed by atoms with Crippen LogP contribution in [-0.4, -0.2) is 195 Å². The van der Waals surface area contributed by atoms with Crippen LogP contribution >= 0.6 is 0 Å². The van der Waals surface area contributed by atoms with Crippen molar-refractivity contribution in [3.63, 3.8) is 0 Å². The van der Waals surface area contributed by atoms with Gasteiger partial charge < -0.3 is 39.1 Å². The van der Waals surface area contributed by atoms with Crippen LogP contribution in [0.5, 0.6) is 11.5 Å². The van der Waals surface area contributed by atoms with Crippen molar-refractivity contribution in [3.05, 3.63) is 95.6 Å². The van der Waals surface area contributed by atoms with Crippen molar-refractivity contribution >= 4 is 49.3 Å². The first-order chi connectivity index (χ1) is 37.2. The third-order valence-electron chi connectivity index (χ3n) is 14.4. The summed E-state index contributed by atoms with van der Waals surface area (Å²) in [4.78, 5) is 57.1. The van der Waals surface area contributed by atoms with Crippen LogP contribution < -0.4 is 24.6 Å². The average Bonchev–Trinajstić information content (AvgIpc) is 3.40. The van der Waals surface area contributed by atoms with Gasteiger partial charge in [0, 0.05) is 130 Å². The highest BCUT2D eigenvalue weighted by molar-refractivity contribution is 7.89. The minimum absolute atomic E-state index is 0.0111. The van der Waals surface area contributed by atoms with E-state index in [1.165, 1.54) is 33.4 Å². The second-order valence-corrected chi connectivity index (χ2v) is 25.7. The summed E-state index contributed by atoms with van der Waals surface area (Å²) in [6.07, 6.45) is 10.5. The van der Waals surface area contributed by atoms with E-state index in [9.17, 15) is 31.2 Å². The Balaban J connectivity index is 0.000000295. The molecule has 1 N–H and O–H groups in total. The summed E-state index contributed by atoms with van der Waals surface area (Å²) in [5.41, 5.74) is 4.00. The Morgan fingerprint density at radius 3 is 1.37 bits per heavy atom. The van der Waals surface area contributed by atoms with Crippen molar-refractivity contribution in [2.45, 2.75) is 89.5 Å². The molecule has 2 aromatic carbocycles. The maximum atomic E-state index is 13.5. The molecule has 2 aliphatic heterocycles. The minimum Gasteiger partial charge on any atom is -0.497 e. The number of nitrogens with one attached hydrogen (secondary N) is 1. The molecule has 2 aromatic heterocycles. The first kappa shape index (κ1) is 63.8. The molecular weight excluding hydrogens is 1050 g/mol. The number of likely N-dealkylation sites (N-methyl/N-ethyl adjacent to an activating group) is 4. The number of aryl methyl sites for hydroxylation is 4. The van der Waals surface area contributed by atoms with E-state index in [-0.39, 0.29) is 49.4 Å². The van der Waals surface area contributed by atoms with E-state index >= 15 is 0 Å². The lowest BCUT2D eigenvalue weighted by molar-refractivity contribution is -0.132. The Morgan fingerprint density at radius 2 is 0.987 bits per heavy atom. The molecule has 0 radical (unpaired) electrons. The van der Waals surface area contributed by atoms with Crippen molar-refractivity contribution < 1.29 is 45.4 Å². The van der Waals surface area contributed by atoms with Crippen LogP contribution in [0.4, 0.5) is 16.2 Å². The molecule has 22 heteroatoms. The predicted octanol–water partition coefficient (Wildman–Crippen LogP) is 6.23. The zero-order chi connectivity index (χ0) is 58.2. The Labute approximate surface area is 470 Å². The molecule has 2 saturated heterocycles. The quantitative estimate of drug-likeness (QED) is 0.0866. The SMILES string of the molecule is COc1cc(C)c(S(=O)(=O)N(C)CCN(CC(=O)N(C)CC2CCN(c3ccncc3)CC2)C(=O)OC(C)(C)C)c(C)c1.COc1cc(C)c(S(=O)(=O)N(C)CCNCC(=O)N(C)CC2CCN(c3ccncc3)CC2)c(C)c1. The van der Waals surface area contributed by atoms with Crippen LogP contribution in [0, 0.1) is 39.5 Å². The number of sulfonamides is 2. The molecule has 6 rings (SSSR count). The van der Waals surface area contributed by atoms with E-state index in [1.807, 2.05) is 43.7 Å². The third-order valence-corrected chi connectivity index (χ3v) is 18.7. The number of hydrogen-bond acceptors (Lipinski definition) is 15. The topological polar surface area (TPSA) is 208 Å². The fourth-order valence-corrected chi connectivity index (χ4v) is 13.1. The smallest absolute Gasteiger partial charge is 0.410 e. The van der Waals surface area contributed by atoms with Crippen LogP contribution in [0.2, 0.25) is 0 Å². The highest BCUT2D eigenvalue weighted by Gasteiger charge is 2.31. The summed E-state index contributed by atoms with van der Waals surface area (Å²) >= 11 is 0. The third kappa shape index (κ3) is 18.2. The van der Waals surface area contributed by atoms with Crippen LogP contribution in [0.15, 0.2) is 83.1 Å². The molecule has 79 heavy (non-hydrogen) atoms. The first-order valence-electron chi connectivity index (χ1n) is 26.9.